The molecule has 3 heterocycles. The van der Waals surface area contributed by atoms with Gasteiger partial charge < -0.3 is 9.47 Å². The number of hydrogen-bond acceptors (Lipinski definition) is 7. The first-order chi connectivity index (χ1) is 15.1. The highest BCUT2D eigenvalue weighted by molar-refractivity contribution is 9.10. The number of carbonyl (C=O) groups is 2. The minimum atomic E-state index is -0.854. The fraction of sp³-hybridized carbons (Fsp3) is 0.286. The third kappa shape index (κ3) is 3.89. The van der Waals surface area contributed by atoms with Crippen LogP contribution in [0.3, 0.4) is 0 Å². The monoisotopic (exact) mass is 501 g/mol. The number of ketones is 1. The van der Waals surface area contributed by atoms with E-state index in [2.05, 4.69) is 25.9 Å². The van der Waals surface area contributed by atoms with Crippen molar-refractivity contribution in [3.05, 3.63) is 51.6 Å². The summed E-state index contributed by atoms with van der Waals surface area (Å²) in [5.41, 5.74) is -0.366. The molecule has 9 nitrogen and oxygen atoms in total. The lowest BCUT2D eigenvalue weighted by Crippen LogP contribution is -2.38. The molecule has 164 valence electrons. The van der Waals surface area contributed by atoms with Gasteiger partial charge in [0.05, 0.1) is 22.8 Å². The molecular formula is C21H17BrFN5O4. The molecule has 32 heavy (non-hydrogen) atoms. The summed E-state index contributed by atoms with van der Waals surface area (Å²) in [6, 6.07) is 4.49. The highest BCUT2D eigenvalue weighted by atomic mass is 79.9. The van der Waals surface area contributed by atoms with Crippen LogP contribution in [0.15, 0.2) is 29.0 Å². The molecule has 0 aliphatic carbocycles. The Morgan fingerprint density at radius 1 is 1.44 bits per heavy atom. The lowest BCUT2D eigenvalue weighted by Gasteiger charge is -2.27. The van der Waals surface area contributed by atoms with E-state index in [1.54, 1.807) is 20.8 Å². The number of anilines is 1. The van der Waals surface area contributed by atoms with Crippen molar-refractivity contribution in [2.24, 2.45) is 0 Å². The van der Waals surface area contributed by atoms with E-state index in [0.717, 1.165) is 4.90 Å². The molecule has 0 saturated carbocycles. The number of Topliss-reactive ketones (excluding diaryl/α,β-unsaturated/α-hetero) is 1. The normalized spacial score (nSPS) is 12.9. The van der Waals surface area contributed by atoms with Crippen LogP contribution in [0.4, 0.5) is 15.1 Å². The number of imidazole rings is 1. The number of amides is 1. The van der Waals surface area contributed by atoms with E-state index >= 15 is 0 Å². The van der Waals surface area contributed by atoms with Gasteiger partial charge in [-0.1, -0.05) is 0 Å². The van der Waals surface area contributed by atoms with Crippen molar-refractivity contribution in [3.63, 3.8) is 0 Å². The molecule has 1 aliphatic heterocycles. The molecule has 0 bridgehead atoms. The summed E-state index contributed by atoms with van der Waals surface area (Å²) in [6.45, 7) is 4.51. The van der Waals surface area contributed by atoms with Crippen molar-refractivity contribution >= 4 is 39.4 Å². The number of benzene rings is 1. The fourth-order valence-electron chi connectivity index (χ4n) is 3.28. The van der Waals surface area contributed by atoms with E-state index in [1.165, 1.54) is 28.9 Å². The highest BCUT2D eigenvalue weighted by Crippen LogP contribution is 2.33. The van der Waals surface area contributed by atoms with Crippen molar-refractivity contribution < 1.29 is 23.5 Å². The first-order valence-corrected chi connectivity index (χ1v) is 10.3. The molecule has 1 aliphatic rings. The smallest absolute Gasteiger partial charge is 0.417 e. The van der Waals surface area contributed by atoms with Crippen molar-refractivity contribution in [3.8, 4) is 11.8 Å². The molecule has 4 rings (SSSR count). The third-order valence-corrected chi connectivity index (χ3v) is 5.13. The van der Waals surface area contributed by atoms with Crippen molar-refractivity contribution in [2.45, 2.75) is 32.9 Å². The Labute approximate surface area is 190 Å². The molecule has 1 amide bonds. The van der Waals surface area contributed by atoms with Gasteiger partial charge in [0.25, 0.3) is 0 Å². The number of aromatic nitrogens is 3. The largest absolute Gasteiger partial charge is 0.485 e. The van der Waals surface area contributed by atoms with Gasteiger partial charge in [-0.2, -0.15) is 5.26 Å². The fourth-order valence-corrected chi connectivity index (χ4v) is 3.66. The molecule has 0 atom stereocenters. The summed E-state index contributed by atoms with van der Waals surface area (Å²) in [6.07, 6.45) is 2.00. The highest BCUT2D eigenvalue weighted by Gasteiger charge is 2.32. The summed E-state index contributed by atoms with van der Waals surface area (Å²) in [5, 5.41) is 9.26. The summed E-state index contributed by atoms with van der Waals surface area (Å²) in [7, 11) is 0. The Hall–Kier alpha value is -3.52. The minimum absolute atomic E-state index is 0.0191. The van der Waals surface area contributed by atoms with Crippen LogP contribution in [0.5, 0.6) is 5.75 Å². The molecule has 11 heteroatoms. The van der Waals surface area contributed by atoms with E-state index in [1.807, 2.05) is 6.07 Å². The summed E-state index contributed by atoms with van der Waals surface area (Å²) >= 11 is 3.32. The van der Waals surface area contributed by atoms with Crippen molar-refractivity contribution in [1.82, 2.24) is 14.4 Å². The Morgan fingerprint density at radius 2 is 2.19 bits per heavy atom. The van der Waals surface area contributed by atoms with E-state index in [4.69, 9.17) is 9.47 Å². The zero-order valence-electron chi connectivity index (χ0n) is 17.3. The number of halogens is 2. The van der Waals surface area contributed by atoms with Gasteiger partial charge in [0, 0.05) is 11.8 Å². The SMILES string of the molecule is CC(C)(C)OC(=O)N(Cc1c(F)ccc2c1C(=O)CO2)c1ncc(Br)c2nc(C#N)cn12. The van der Waals surface area contributed by atoms with Gasteiger partial charge in [-0.15, -0.1) is 0 Å². The van der Waals surface area contributed by atoms with E-state index in [9.17, 15) is 19.2 Å². The zero-order valence-corrected chi connectivity index (χ0v) is 18.9. The Kier molecular flexibility index (Phi) is 5.34. The van der Waals surface area contributed by atoms with Crippen molar-refractivity contribution in [1.29, 1.82) is 5.26 Å². The van der Waals surface area contributed by atoms with E-state index in [-0.39, 0.29) is 47.5 Å². The number of ether oxygens (including phenoxy) is 2. The molecule has 0 N–H and O–H groups in total. The standard InChI is InChI=1S/C21H17BrFN5O4/c1-21(2,3)32-20(30)28(9-12-14(23)4-5-16-17(12)15(29)10-31-16)19-25-7-13(22)18-26-11(6-24)8-27(18)19/h4-5,7-8H,9-10H2,1-3H3. The molecule has 2 aromatic heterocycles. The maximum atomic E-state index is 14.9. The van der Waals surface area contributed by atoms with Crippen LogP contribution < -0.4 is 9.64 Å². The predicted molar refractivity (Wildman–Crippen MR) is 114 cm³/mol. The number of nitriles is 1. The van der Waals surface area contributed by atoms with E-state index < -0.39 is 17.5 Å². The second-order valence-corrected chi connectivity index (χ2v) is 8.87. The molecule has 0 unspecified atom stereocenters. The topological polar surface area (TPSA) is 110 Å². The van der Waals surface area contributed by atoms with Crippen LogP contribution in [-0.4, -0.2) is 38.5 Å². The lowest BCUT2D eigenvalue weighted by molar-refractivity contribution is 0.0573. The van der Waals surface area contributed by atoms with Gasteiger partial charge in [-0.05, 0) is 48.8 Å². The average molecular weight is 502 g/mol. The summed E-state index contributed by atoms with van der Waals surface area (Å²) in [4.78, 5) is 35.1. The van der Waals surface area contributed by atoms with Crippen LogP contribution in [0, 0.1) is 17.1 Å². The van der Waals surface area contributed by atoms with Gasteiger partial charge in [0.15, 0.2) is 17.9 Å². The number of fused-ring (bicyclic) bond motifs is 2. The van der Waals surface area contributed by atoms with E-state index in [0.29, 0.717) is 10.1 Å². The first kappa shape index (κ1) is 21.7. The predicted octanol–water partition coefficient (Wildman–Crippen LogP) is 4.02. The molecule has 1 aromatic carbocycles. The Bertz CT molecular complexity index is 1310. The third-order valence-electron chi connectivity index (χ3n) is 4.57. The molecule has 0 radical (unpaired) electrons. The summed E-state index contributed by atoms with van der Waals surface area (Å²) < 4.78 is 27.6. The minimum Gasteiger partial charge on any atom is -0.485 e. The first-order valence-electron chi connectivity index (χ1n) is 9.50. The zero-order chi connectivity index (χ0) is 23.2. The van der Waals surface area contributed by atoms with Crippen LogP contribution in [0.25, 0.3) is 5.65 Å². The Balaban J connectivity index is 1.89. The average Bonchev–Trinajstić information content (AvgIpc) is 3.32. The second kappa shape index (κ2) is 7.87. The van der Waals surface area contributed by atoms with Crippen LogP contribution in [0.1, 0.15) is 42.4 Å². The number of carbonyl (C=O) groups excluding carboxylic acids is 2. The van der Waals surface area contributed by atoms with Gasteiger partial charge in [-0.3, -0.25) is 9.20 Å². The molecule has 0 saturated heterocycles. The number of rotatable bonds is 3. The Morgan fingerprint density at radius 3 is 2.88 bits per heavy atom. The number of hydrogen-bond donors (Lipinski definition) is 0. The maximum absolute atomic E-state index is 14.9. The van der Waals surface area contributed by atoms with Gasteiger partial charge in [-0.25, -0.2) is 24.1 Å². The number of nitrogens with zero attached hydrogens (tertiary/aromatic N) is 5. The van der Waals surface area contributed by atoms with Crippen LogP contribution in [-0.2, 0) is 11.3 Å². The van der Waals surface area contributed by atoms with Gasteiger partial charge in [0.2, 0.25) is 11.7 Å². The lowest BCUT2D eigenvalue weighted by atomic mass is 10.0. The van der Waals surface area contributed by atoms with Crippen LogP contribution in [0.2, 0.25) is 0 Å². The summed E-state index contributed by atoms with van der Waals surface area (Å²) in [5.74, 6) is -0.775. The van der Waals surface area contributed by atoms with Gasteiger partial charge in [0.1, 0.15) is 23.2 Å². The molecule has 0 fully saturated rings. The van der Waals surface area contributed by atoms with Crippen molar-refractivity contribution in [2.75, 3.05) is 11.5 Å². The molecule has 3 aromatic rings. The quantitative estimate of drug-likeness (QED) is 0.532. The molecule has 0 spiro atoms. The maximum Gasteiger partial charge on any atom is 0.417 e. The molecular weight excluding hydrogens is 485 g/mol. The second-order valence-electron chi connectivity index (χ2n) is 8.02. The van der Waals surface area contributed by atoms with Gasteiger partial charge >= 0.3 is 6.09 Å². The van der Waals surface area contributed by atoms with Crippen LogP contribution >= 0.6 is 15.9 Å².